The van der Waals surface area contributed by atoms with Crippen molar-refractivity contribution < 1.29 is 0 Å². The van der Waals surface area contributed by atoms with Gasteiger partial charge in [0.25, 0.3) is 0 Å². The fourth-order valence-electron chi connectivity index (χ4n) is 2.04. The molecule has 1 aliphatic heterocycles. The van der Waals surface area contributed by atoms with Crippen LogP contribution in [-0.4, -0.2) is 9.97 Å². The molecule has 0 aliphatic carbocycles. The number of nitrogens with zero attached hydrogens (tertiary/aromatic N) is 2. The molecule has 2 heterocycles. The van der Waals surface area contributed by atoms with E-state index in [9.17, 15) is 0 Å². The topological polar surface area (TPSA) is 49.8 Å². The van der Waals surface area contributed by atoms with Crippen LogP contribution in [-0.2, 0) is 6.54 Å². The number of hydrogen-bond donors (Lipinski definition) is 2. The van der Waals surface area contributed by atoms with Crippen molar-refractivity contribution in [2.75, 3.05) is 5.32 Å². The molecule has 0 radical (unpaired) electrons. The van der Waals surface area contributed by atoms with E-state index in [1.165, 1.54) is 0 Å². The summed E-state index contributed by atoms with van der Waals surface area (Å²) < 4.78 is 0. The SMILES string of the molecule is Cc1ncc2c(n1)NC(c1ccc(Cl)c(Cl)c1)NC2. The fraction of sp³-hybridized carbons (Fsp3) is 0.231. The lowest BCUT2D eigenvalue weighted by molar-refractivity contribution is 0.558. The van der Waals surface area contributed by atoms with Crippen LogP contribution in [0, 0.1) is 6.92 Å². The average Bonchev–Trinajstić information content (AvgIpc) is 2.41. The molecule has 0 amide bonds. The number of hydrogen-bond acceptors (Lipinski definition) is 4. The van der Waals surface area contributed by atoms with Crippen molar-refractivity contribution in [2.45, 2.75) is 19.6 Å². The van der Waals surface area contributed by atoms with E-state index < -0.39 is 0 Å². The molecule has 3 rings (SSSR count). The number of halogens is 2. The minimum absolute atomic E-state index is 0.0310. The van der Waals surface area contributed by atoms with Gasteiger partial charge in [-0.25, -0.2) is 9.97 Å². The molecule has 0 saturated carbocycles. The molecule has 4 nitrogen and oxygen atoms in total. The molecule has 98 valence electrons. The van der Waals surface area contributed by atoms with Crippen LogP contribution in [0.25, 0.3) is 0 Å². The Morgan fingerprint density at radius 3 is 2.89 bits per heavy atom. The van der Waals surface area contributed by atoms with Crippen molar-refractivity contribution in [3.05, 3.63) is 51.4 Å². The summed E-state index contributed by atoms with van der Waals surface area (Å²) in [4.78, 5) is 8.59. The van der Waals surface area contributed by atoms with Gasteiger partial charge in [0.05, 0.1) is 10.0 Å². The number of rotatable bonds is 1. The van der Waals surface area contributed by atoms with E-state index in [0.717, 1.165) is 22.8 Å². The van der Waals surface area contributed by atoms with Gasteiger partial charge in [0.2, 0.25) is 0 Å². The molecule has 2 N–H and O–H groups in total. The predicted octanol–water partition coefficient (Wildman–Crippen LogP) is 3.31. The highest BCUT2D eigenvalue weighted by Gasteiger charge is 2.20. The zero-order valence-corrected chi connectivity index (χ0v) is 11.8. The van der Waals surface area contributed by atoms with Crippen molar-refractivity contribution in [3.8, 4) is 0 Å². The smallest absolute Gasteiger partial charge is 0.135 e. The monoisotopic (exact) mass is 294 g/mol. The Hall–Kier alpha value is -1.36. The first-order chi connectivity index (χ1) is 9.13. The minimum Gasteiger partial charge on any atom is -0.350 e. The second-order valence-electron chi connectivity index (χ2n) is 4.42. The lowest BCUT2D eigenvalue weighted by Crippen LogP contribution is -2.33. The van der Waals surface area contributed by atoms with Crippen LogP contribution in [0.1, 0.15) is 23.1 Å². The highest BCUT2D eigenvalue weighted by molar-refractivity contribution is 6.42. The van der Waals surface area contributed by atoms with E-state index >= 15 is 0 Å². The fourth-order valence-corrected chi connectivity index (χ4v) is 2.35. The molecule has 0 spiro atoms. The number of fused-ring (bicyclic) bond motifs is 1. The van der Waals surface area contributed by atoms with E-state index in [4.69, 9.17) is 23.2 Å². The van der Waals surface area contributed by atoms with Gasteiger partial charge in [-0.2, -0.15) is 0 Å². The summed E-state index contributed by atoms with van der Waals surface area (Å²) in [6.45, 7) is 2.59. The number of benzene rings is 1. The summed E-state index contributed by atoms with van der Waals surface area (Å²) in [5.41, 5.74) is 2.08. The third kappa shape index (κ3) is 2.52. The van der Waals surface area contributed by atoms with Crippen molar-refractivity contribution >= 4 is 29.0 Å². The molecule has 1 aliphatic rings. The maximum absolute atomic E-state index is 6.05. The summed E-state index contributed by atoms with van der Waals surface area (Å²) >= 11 is 12.0. The summed E-state index contributed by atoms with van der Waals surface area (Å²) in [5, 5.41) is 7.81. The predicted molar refractivity (Wildman–Crippen MR) is 76.4 cm³/mol. The highest BCUT2D eigenvalue weighted by atomic mass is 35.5. The summed E-state index contributed by atoms with van der Waals surface area (Å²) in [6.07, 6.45) is 1.81. The van der Waals surface area contributed by atoms with Gasteiger partial charge in [-0.15, -0.1) is 0 Å². The van der Waals surface area contributed by atoms with Gasteiger partial charge in [-0.3, -0.25) is 5.32 Å². The van der Waals surface area contributed by atoms with Crippen LogP contribution in [0.3, 0.4) is 0 Å². The van der Waals surface area contributed by atoms with E-state index in [-0.39, 0.29) is 6.17 Å². The molecule has 1 unspecified atom stereocenters. The highest BCUT2D eigenvalue weighted by Crippen LogP contribution is 2.29. The Morgan fingerprint density at radius 2 is 2.11 bits per heavy atom. The quantitative estimate of drug-likeness (QED) is 0.847. The molecule has 0 fully saturated rings. The van der Waals surface area contributed by atoms with Crippen LogP contribution in [0.4, 0.5) is 5.82 Å². The summed E-state index contributed by atoms with van der Waals surface area (Å²) in [7, 11) is 0. The van der Waals surface area contributed by atoms with E-state index in [1.807, 2.05) is 25.3 Å². The normalized spacial score (nSPS) is 17.7. The Bertz CT molecular complexity index is 630. The first-order valence-corrected chi connectivity index (χ1v) is 6.66. The number of aromatic nitrogens is 2. The lowest BCUT2D eigenvalue weighted by atomic mass is 10.1. The maximum atomic E-state index is 6.05. The van der Waals surface area contributed by atoms with Gasteiger partial charge >= 0.3 is 0 Å². The molecular weight excluding hydrogens is 283 g/mol. The lowest BCUT2D eigenvalue weighted by Gasteiger charge is -2.27. The molecule has 2 aromatic rings. The number of aryl methyl sites for hydroxylation is 1. The Labute approximate surface area is 121 Å². The third-order valence-corrected chi connectivity index (χ3v) is 3.78. The minimum atomic E-state index is -0.0310. The Kier molecular flexibility index (Phi) is 3.31. The Morgan fingerprint density at radius 1 is 1.26 bits per heavy atom. The standard InChI is InChI=1S/C13H12Cl2N4/c1-7-16-5-9-6-17-12(19-13(9)18-7)8-2-3-10(14)11(15)4-8/h2-5,12,17H,6H2,1H3,(H,16,18,19). The molecule has 1 aromatic heterocycles. The molecular formula is C13H12Cl2N4. The van der Waals surface area contributed by atoms with Crippen molar-refractivity contribution in [2.24, 2.45) is 0 Å². The van der Waals surface area contributed by atoms with Gasteiger partial charge < -0.3 is 5.32 Å². The average molecular weight is 295 g/mol. The Balaban J connectivity index is 1.90. The first kappa shape index (κ1) is 12.7. The van der Waals surface area contributed by atoms with Gasteiger partial charge in [0, 0.05) is 18.3 Å². The van der Waals surface area contributed by atoms with Crippen molar-refractivity contribution in [1.82, 2.24) is 15.3 Å². The van der Waals surface area contributed by atoms with Crippen LogP contribution >= 0.6 is 23.2 Å². The second kappa shape index (κ2) is 4.96. The number of anilines is 1. The summed E-state index contributed by atoms with van der Waals surface area (Å²) in [6, 6.07) is 5.59. The van der Waals surface area contributed by atoms with E-state index in [1.54, 1.807) is 6.07 Å². The van der Waals surface area contributed by atoms with Gasteiger partial charge in [0.15, 0.2) is 0 Å². The van der Waals surface area contributed by atoms with Gasteiger partial charge in [-0.1, -0.05) is 29.3 Å². The molecule has 19 heavy (non-hydrogen) atoms. The molecule has 0 saturated heterocycles. The largest absolute Gasteiger partial charge is 0.350 e. The molecule has 0 bridgehead atoms. The first-order valence-electron chi connectivity index (χ1n) is 5.91. The van der Waals surface area contributed by atoms with Crippen molar-refractivity contribution in [1.29, 1.82) is 0 Å². The zero-order chi connectivity index (χ0) is 13.4. The third-order valence-electron chi connectivity index (χ3n) is 3.04. The van der Waals surface area contributed by atoms with Crippen LogP contribution in [0.2, 0.25) is 10.0 Å². The van der Waals surface area contributed by atoms with Crippen molar-refractivity contribution in [3.63, 3.8) is 0 Å². The van der Waals surface area contributed by atoms with Crippen LogP contribution in [0.5, 0.6) is 0 Å². The molecule has 1 aromatic carbocycles. The number of nitrogens with one attached hydrogen (secondary N) is 2. The summed E-state index contributed by atoms with van der Waals surface area (Å²) in [5.74, 6) is 1.61. The van der Waals surface area contributed by atoms with E-state index in [0.29, 0.717) is 16.6 Å². The second-order valence-corrected chi connectivity index (χ2v) is 5.24. The van der Waals surface area contributed by atoms with Crippen LogP contribution in [0.15, 0.2) is 24.4 Å². The van der Waals surface area contributed by atoms with Gasteiger partial charge in [0.1, 0.15) is 17.8 Å². The van der Waals surface area contributed by atoms with Gasteiger partial charge in [-0.05, 0) is 24.6 Å². The molecule has 1 atom stereocenters. The maximum Gasteiger partial charge on any atom is 0.135 e. The molecule has 6 heteroatoms. The van der Waals surface area contributed by atoms with Crippen LogP contribution < -0.4 is 10.6 Å². The zero-order valence-electron chi connectivity index (χ0n) is 10.2. The van der Waals surface area contributed by atoms with E-state index in [2.05, 4.69) is 20.6 Å².